The van der Waals surface area contributed by atoms with Gasteiger partial charge in [-0.25, -0.2) is 9.97 Å². The molecule has 0 fully saturated rings. The van der Waals surface area contributed by atoms with Crippen molar-refractivity contribution in [3.63, 3.8) is 0 Å². The molecule has 2 aliphatic rings. The average Bonchev–Trinajstić information content (AvgIpc) is 3.99. The zero-order valence-electron chi connectivity index (χ0n) is 28.8. The number of benzene rings is 4. The quantitative estimate of drug-likeness (QED) is 0.111. The maximum absolute atomic E-state index is 6.15. The normalized spacial score (nSPS) is 11.8. The van der Waals surface area contributed by atoms with Crippen molar-refractivity contribution in [1.82, 2.24) is 9.97 Å². The number of H-pyrrole nitrogens is 2. The van der Waals surface area contributed by atoms with E-state index in [-0.39, 0.29) is 23.1 Å². The third kappa shape index (κ3) is 6.22. The monoisotopic (exact) mass is 698 g/mol. The van der Waals surface area contributed by atoms with Crippen LogP contribution in [0.25, 0.3) is 90.9 Å². The van der Waals surface area contributed by atoms with Crippen molar-refractivity contribution in [2.24, 2.45) is 0 Å². The van der Waals surface area contributed by atoms with E-state index >= 15 is 0 Å². The van der Waals surface area contributed by atoms with Crippen LogP contribution in [0.3, 0.4) is 0 Å². The fourth-order valence-corrected chi connectivity index (χ4v) is 7.02. The predicted molar refractivity (Wildman–Crippen MR) is 219 cm³/mol. The summed E-state index contributed by atoms with van der Waals surface area (Å²) < 4.78 is 0. The Morgan fingerprint density at radius 2 is 0.509 bits per heavy atom. The number of nitrogens with two attached hydrogens (primary N) is 4. The molecule has 2 aliphatic heterocycles. The second kappa shape index (κ2) is 13.5. The van der Waals surface area contributed by atoms with E-state index in [0.717, 1.165) is 89.4 Å². The van der Waals surface area contributed by atoms with Gasteiger partial charge in [0.05, 0.1) is 0 Å². The standard InChI is InChI=1S/C44H32N8.Mg/c45-29-9-1-25(2-10-29)41-33-17-19-35(49-33)42(26-3-11-30(46)12-4-26)37-21-23-39(51-37)44(28-7-15-32(48)16-8-28)40-24-22-38(52-40)43(36-20-18-34(41)50-36)27-5-13-31(47)14-6-27;/h1-24H,45-48H2;/q-2;+2/p+2. The van der Waals surface area contributed by atoms with Gasteiger partial charge in [0.1, 0.15) is 0 Å². The fourth-order valence-electron chi connectivity index (χ4n) is 7.02. The molecule has 9 rings (SSSR count). The van der Waals surface area contributed by atoms with Crippen molar-refractivity contribution in [2.45, 2.75) is 0 Å². The SMILES string of the molecule is Nc1ccc(-c2c3[nH+]c(c(-c4ccc(N)cc4)c4ccc([n-]4)c(-c4ccc(N)cc4)c4[nH+]c(c(-c5ccc(N)cc5)c5ccc2[n-]5)C=C4)C=C3)cc1.[Mg+2]. The Labute approximate surface area is 322 Å². The predicted octanol–water partition coefficient (Wildman–Crippen LogP) is 7.37. The van der Waals surface area contributed by atoms with Gasteiger partial charge >= 0.3 is 23.1 Å². The van der Waals surface area contributed by atoms with E-state index in [2.05, 4.69) is 58.5 Å². The summed E-state index contributed by atoms with van der Waals surface area (Å²) in [5.74, 6) is 0. The average molecular weight is 699 g/mol. The number of aromatic nitrogens is 4. The number of aromatic amines is 2. The van der Waals surface area contributed by atoms with E-state index in [1.807, 2.05) is 97.1 Å². The third-order valence-electron chi connectivity index (χ3n) is 9.55. The molecule has 3 aromatic heterocycles. The molecule has 0 saturated heterocycles. The van der Waals surface area contributed by atoms with E-state index in [1.165, 1.54) is 0 Å². The molecule has 8 nitrogen and oxygen atoms in total. The molecular weight excluding hydrogens is 665 g/mol. The van der Waals surface area contributed by atoms with Gasteiger partial charge in [-0.3, -0.25) is 0 Å². The molecule has 250 valence electrons. The fraction of sp³-hybridized carbons (Fsp3) is 0. The summed E-state index contributed by atoms with van der Waals surface area (Å²) in [6.07, 6.45) is 8.40. The molecule has 53 heavy (non-hydrogen) atoms. The Kier molecular flexibility index (Phi) is 8.58. The summed E-state index contributed by atoms with van der Waals surface area (Å²) in [6.45, 7) is 0. The van der Waals surface area contributed by atoms with E-state index in [4.69, 9.17) is 32.9 Å². The minimum atomic E-state index is 0. The van der Waals surface area contributed by atoms with E-state index in [9.17, 15) is 0 Å². The maximum Gasteiger partial charge on any atom is 2.00 e. The molecule has 8 bridgehead atoms. The van der Waals surface area contributed by atoms with Gasteiger partial charge in [-0.2, -0.15) is 0 Å². The summed E-state index contributed by atoms with van der Waals surface area (Å²) in [7, 11) is 0. The topological polar surface area (TPSA) is 161 Å². The second-order valence-electron chi connectivity index (χ2n) is 13.0. The number of nitrogens with one attached hydrogen (secondary N) is 2. The molecule has 7 aromatic rings. The first-order chi connectivity index (χ1) is 25.4. The van der Waals surface area contributed by atoms with Gasteiger partial charge in [0, 0.05) is 69.3 Å². The minimum Gasteiger partial charge on any atom is -0.656 e. The molecule has 4 aromatic carbocycles. The summed E-state index contributed by atoms with van der Waals surface area (Å²) in [5.41, 5.74) is 41.9. The van der Waals surface area contributed by atoms with Crippen molar-refractivity contribution in [2.75, 3.05) is 22.9 Å². The Balaban J connectivity index is 0.00000400. The molecule has 0 amide bonds. The first-order valence-electron chi connectivity index (χ1n) is 17.0. The first-order valence-corrected chi connectivity index (χ1v) is 17.0. The summed E-state index contributed by atoms with van der Waals surface area (Å²) in [4.78, 5) is 18.2. The van der Waals surface area contributed by atoms with Crippen LogP contribution >= 0.6 is 0 Å². The van der Waals surface area contributed by atoms with Crippen molar-refractivity contribution >= 4 is 92.2 Å². The van der Waals surface area contributed by atoms with Crippen molar-refractivity contribution < 1.29 is 9.97 Å². The number of nitrogen functional groups attached to an aromatic ring is 4. The molecule has 0 unspecified atom stereocenters. The van der Waals surface area contributed by atoms with Gasteiger partial charge in [0.15, 0.2) is 0 Å². The van der Waals surface area contributed by atoms with Crippen molar-refractivity contribution in [1.29, 1.82) is 0 Å². The molecule has 5 heterocycles. The number of anilines is 4. The Morgan fingerprint density at radius 1 is 0.302 bits per heavy atom. The van der Waals surface area contributed by atoms with Gasteiger partial charge < -0.3 is 32.9 Å². The van der Waals surface area contributed by atoms with Crippen LogP contribution in [0.15, 0.2) is 121 Å². The summed E-state index contributed by atoms with van der Waals surface area (Å²) >= 11 is 0. The van der Waals surface area contributed by atoms with Crippen LogP contribution in [-0.4, -0.2) is 23.1 Å². The van der Waals surface area contributed by atoms with Gasteiger partial charge in [-0.1, -0.05) is 72.8 Å². The first kappa shape index (κ1) is 33.6. The van der Waals surface area contributed by atoms with Crippen molar-refractivity contribution in [3.05, 3.63) is 144 Å². The smallest absolute Gasteiger partial charge is 0.656 e. The molecule has 0 radical (unpaired) electrons. The van der Waals surface area contributed by atoms with Crippen LogP contribution < -0.4 is 42.9 Å². The second-order valence-corrected chi connectivity index (χ2v) is 13.0. The summed E-state index contributed by atoms with van der Waals surface area (Å²) in [6, 6.07) is 39.9. The van der Waals surface area contributed by atoms with Gasteiger partial charge in [-0.15, -0.1) is 22.1 Å². The van der Waals surface area contributed by atoms with Gasteiger partial charge in [0.2, 0.25) is 22.8 Å². The van der Waals surface area contributed by atoms with E-state index < -0.39 is 0 Å². The Morgan fingerprint density at radius 3 is 0.717 bits per heavy atom. The zero-order valence-corrected chi connectivity index (χ0v) is 30.2. The number of nitrogens with zero attached hydrogens (tertiary/aromatic N) is 2. The number of hydrogen-bond donors (Lipinski definition) is 4. The maximum atomic E-state index is 6.15. The van der Waals surface area contributed by atoms with Crippen LogP contribution in [0, 0.1) is 0 Å². The molecule has 0 spiro atoms. The van der Waals surface area contributed by atoms with Crippen LogP contribution in [0.2, 0.25) is 0 Å². The number of fused-ring (bicyclic) bond motifs is 8. The third-order valence-corrected chi connectivity index (χ3v) is 9.55. The van der Waals surface area contributed by atoms with Gasteiger partial charge in [0.25, 0.3) is 0 Å². The van der Waals surface area contributed by atoms with Crippen molar-refractivity contribution in [3.8, 4) is 44.5 Å². The molecule has 9 heteroatoms. The van der Waals surface area contributed by atoms with E-state index in [1.54, 1.807) is 0 Å². The Bertz CT molecular complexity index is 2370. The zero-order chi connectivity index (χ0) is 35.3. The number of hydrogen-bond acceptors (Lipinski definition) is 4. The van der Waals surface area contributed by atoms with Crippen LogP contribution in [0.5, 0.6) is 0 Å². The molecule has 0 aliphatic carbocycles. The Hall–Kier alpha value is -6.55. The van der Waals surface area contributed by atoms with E-state index in [0.29, 0.717) is 22.7 Å². The van der Waals surface area contributed by atoms with Gasteiger partial charge in [-0.05, 0) is 70.8 Å². The van der Waals surface area contributed by atoms with Crippen LogP contribution in [0.4, 0.5) is 22.7 Å². The molecule has 0 saturated carbocycles. The molecule has 10 N–H and O–H groups in total. The molecular formula is C44H34MgN8+2. The minimum absolute atomic E-state index is 0. The number of rotatable bonds is 4. The largest absolute Gasteiger partial charge is 2.00 e. The molecule has 0 atom stereocenters. The summed E-state index contributed by atoms with van der Waals surface area (Å²) in [5, 5.41) is 0. The van der Waals surface area contributed by atoms with Crippen LogP contribution in [0.1, 0.15) is 22.8 Å². The van der Waals surface area contributed by atoms with Crippen LogP contribution in [-0.2, 0) is 0 Å².